The van der Waals surface area contributed by atoms with E-state index in [1.807, 2.05) is 4.57 Å². The minimum Gasteiger partial charge on any atom is -0.391 e. The molecule has 1 amide bonds. The van der Waals surface area contributed by atoms with E-state index in [1.165, 1.54) is 0 Å². The summed E-state index contributed by atoms with van der Waals surface area (Å²) in [6.07, 6.45) is 7.11. The SMILES string of the molecule is CCCn1cc(Cl)cc1C(=O)NC1CCCCCC1O. The van der Waals surface area contributed by atoms with Crippen molar-refractivity contribution in [1.29, 1.82) is 0 Å². The van der Waals surface area contributed by atoms with E-state index in [0.717, 1.165) is 45.1 Å². The number of nitrogens with zero attached hydrogens (tertiary/aromatic N) is 1. The Hall–Kier alpha value is -1.00. The summed E-state index contributed by atoms with van der Waals surface area (Å²) >= 11 is 5.99. The maximum absolute atomic E-state index is 12.4. The molecule has 5 heteroatoms. The van der Waals surface area contributed by atoms with E-state index in [2.05, 4.69) is 12.2 Å². The van der Waals surface area contributed by atoms with Crippen LogP contribution in [-0.4, -0.2) is 27.7 Å². The molecule has 1 aromatic rings. The van der Waals surface area contributed by atoms with Crippen LogP contribution >= 0.6 is 11.6 Å². The van der Waals surface area contributed by atoms with Crippen molar-refractivity contribution >= 4 is 17.5 Å². The van der Waals surface area contributed by atoms with Gasteiger partial charge in [0.2, 0.25) is 0 Å². The topological polar surface area (TPSA) is 54.3 Å². The van der Waals surface area contributed by atoms with Gasteiger partial charge >= 0.3 is 0 Å². The average Bonchev–Trinajstić information content (AvgIpc) is 2.66. The molecule has 0 spiro atoms. The Balaban J connectivity index is 2.07. The molecule has 1 aliphatic carbocycles. The van der Waals surface area contributed by atoms with Gasteiger partial charge in [-0.3, -0.25) is 4.79 Å². The van der Waals surface area contributed by atoms with Gasteiger partial charge in [-0.25, -0.2) is 0 Å². The van der Waals surface area contributed by atoms with E-state index >= 15 is 0 Å². The van der Waals surface area contributed by atoms with E-state index in [-0.39, 0.29) is 11.9 Å². The summed E-state index contributed by atoms with van der Waals surface area (Å²) in [5.74, 6) is -0.142. The molecule has 2 atom stereocenters. The number of aliphatic hydroxyl groups is 1. The third-order valence-electron chi connectivity index (χ3n) is 3.86. The van der Waals surface area contributed by atoms with Crippen LogP contribution in [0.25, 0.3) is 0 Å². The Morgan fingerprint density at radius 1 is 1.45 bits per heavy atom. The fourth-order valence-corrected chi connectivity index (χ4v) is 3.01. The third kappa shape index (κ3) is 3.76. The summed E-state index contributed by atoms with van der Waals surface area (Å²) < 4.78 is 1.88. The van der Waals surface area contributed by atoms with Crippen LogP contribution < -0.4 is 5.32 Å². The van der Waals surface area contributed by atoms with Crippen molar-refractivity contribution in [3.8, 4) is 0 Å². The zero-order valence-electron chi connectivity index (χ0n) is 11.9. The monoisotopic (exact) mass is 298 g/mol. The molecule has 1 heterocycles. The number of hydrogen-bond acceptors (Lipinski definition) is 2. The molecule has 1 saturated carbocycles. The molecule has 2 rings (SSSR count). The number of nitrogens with one attached hydrogen (secondary N) is 1. The van der Waals surface area contributed by atoms with E-state index in [1.54, 1.807) is 12.3 Å². The second kappa shape index (κ2) is 7.14. The van der Waals surface area contributed by atoms with Crippen molar-refractivity contribution in [3.05, 3.63) is 23.0 Å². The average molecular weight is 299 g/mol. The predicted octanol–water partition coefficient (Wildman–Crippen LogP) is 2.97. The van der Waals surface area contributed by atoms with Gasteiger partial charge in [0.1, 0.15) is 5.69 Å². The maximum atomic E-state index is 12.4. The summed E-state index contributed by atoms with van der Waals surface area (Å²) in [7, 11) is 0. The first kappa shape index (κ1) is 15.4. The Bertz CT molecular complexity index is 459. The number of halogens is 1. The molecule has 2 unspecified atom stereocenters. The first-order valence-electron chi connectivity index (χ1n) is 7.46. The smallest absolute Gasteiger partial charge is 0.268 e. The highest BCUT2D eigenvalue weighted by Gasteiger charge is 2.24. The number of aryl methyl sites for hydroxylation is 1. The zero-order valence-corrected chi connectivity index (χ0v) is 12.7. The van der Waals surface area contributed by atoms with Gasteiger partial charge in [-0.05, 0) is 25.3 Å². The first-order valence-corrected chi connectivity index (χ1v) is 7.84. The highest BCUT2D eigenvalue weighted by Crippen LogP contribution is 2.20. The molecule has 0 bridgehead atoms. The molecule has 0 radical (unpaired) electrons. The van der Waals surface area contributed by atoms with Crippen LogP contribution in [0.15, 0.2) is 12.3 Å². The lowest BCUT2D eigenvalue weighted by atomic mass is 10.1. The molecule has 20 heavy (non-hydrogen) atoms. The van der Waals surface area contributed by atoms with Crippen LogP contribution in [0.3, 0.4) is 0 Å². The van der Waals surface area contributed by atoms with Crippen LogP contribution in [0, 0.1) is 0 Å². The Kier molecular flexibility index (Phi) is 5.49. The van der Waals surface area contributed by atoms with Gasteiger partial charge in [-0.15, -0.1) is 0 Å². The van der Waals surface area contributed by atoms with Crippen LogP contribution in [-0.2, 0) is 6.54 Å². The second-order valence-corrected chi connectivity index (χ2v) is 5.96. The Labute approximate surface area is 125 Å². The van der Waals surface area contributed by atoms with Gasteiger partial charge < -0.3 is 15.0 Å². The molecular formula is C15H23ClN2O2. The number of carbonyl (C=O) groups excluding carboxylic acids is 1. The quantitative estimate of drug-likeness (QED) is 0.840. The summed E-state index contributed by atoms with van der Waals surface area (Å²) in [4.78, 5) is 12.4. The molecule has 112 valence electrons. The van der Waals surface area contributed by atoms with Crippen molar-refractivity contribution < 1.29 is 9.90 Å². The number of aliphatic hydroxyl groups excluding tert-OH is 1. The lowest BCUT2D eigenvalue weighted by Gasteiger charge is -2.22. The van der Waals surface area contributed by atoms with Crippen molar-refractivity contribution in [2.75, 3.05) is 0 Å². The number of carbonyl (C=O) groups is 1. The van der Waals surface area contributed by atoms with Crippen molar-refractivity contribution in [1.82, 2.24) is 9.88 Å². The van der Waals surface area contributed by atoms with Crippen LogP contribution in [0.4, 0.5) is 0 Å². The van der Waals surface area contributed by atoms with E-state index in [0.29, 0.717) is 10.7 Å². The van der Waals surface area contributed by atoms with Crippen molar-refractivity contribution in [2.45, 2.75) is 64.1 Å². The molecule has 1 aliphatic rings. The lowest BCUT2D eigenvalue weighted by molar-refractivity contribution is 0.0810. The molecular weight excluding hydrogens is 276 g/mol. The zero-order chi connectivity index (χ0) is 14.5. The molecule has 0 aliphatic heterocycles. The second-order valence-electron chi connectivity index (χ2n) is 5.52. The lowest BCUT2D eigenvalue weighted by Crippen LogP contribution is -2.43. The molecule has 1 aromatic heterocycles. The third-order valence-corrected chi connectivity index (χ3v) is 4.06. The van der Waals surface area contributed by atoms with Gasteiger partial charge in [-0.2, -0.15) is 0 Å². The van der Waals surface area contributed by atoms with E-state index in [4.69, 9.17) is 11.6 Å². The number of rotatable bonds is 4. The molecule has 2 N–H and O–H groups in total. The summed E-state index contributed by atoms with van der Waals surface area (Å²) in [5.41, 5.74) is 0.577. The highest BCUT2D eigenvalue weighted by molar-refractivity contribution is 6.31. The largest absolute Gasteiger partial charge is 0.391 e. The summed E-state index contributed by atoms with van der Waals surface area (Å²) in [5, 5.41) is 13.6. The standard InChI is InChI=1S/C15H23ClN2O2/c1-2-8-18-10-11(16)9-13(18)15(20)17-12-6-4-3-5-7-14(12)19/h9-10,12,14,19H,2-8H2,1H3,(H,17,20). The van der Waals surface area contributed by atoms with Crippen molar-refractivity contribution in [2.24, 2.45) is 0 Å². The minimum atomic E-state index is -0.438. The van der Waals surface area contributed by atoms with Gasteiger partial charge in [0.15, 0.2) is 0 Å². The predicted molar refractivity (Wildman–Crippen MR) is 80.1 cm³/mol. The normalized spacial score (nSPS) is 23.4. The summed E-state index contributed by atoms with van der Waals surface area (Å²) in [6.45, 7) is 2.83. The van der Waals surface area contributed by atoms with Crippen LogP contribution in [0.2, 0.25) is 5.02 Å². The number of aromatic nitrogens is 1. The van der Waals surface area contributed by atoms with Gasteiger partial charge in [-0.1, -0.05) is 37.8 Å². The highest BCUT2D eigenvalue weighted by atomic mass is 35.5. The molecule has 4 nitrogen and oxygen atoms in total. The van der Waals surface area contributed by atoms with E-state index in [9.17, 15) is 9.90 Å². The minimum absolute atomic E-state index is 0.142. The summed E-state index contributed by atoms with van der Waals surface area (Å²) in [6, 6.07) is 1.55. The molecule has 0 aromatic carbocycles. The first-order chi connectivity index (χ1) is 9.61. The maximum Gasteiger partial charge on any atom is 0.268 e. The number of amides is 1. The van der Waals surface area contributed by atoms with E-state index < -0.39 is 6.10 Å². The van der Waals surface area contributed by atoms with Gasteiger partial charge in [0, 0.05) is 12.7 Å². The van der Waals surface area contributed by atoms with Crippen LogP contribution in [0.5, 0.6) is 0 Å². The molecule has 0 saturated heterocycles. The number of hydrogen-bond donors (Lipinski definition) is 2. The van der Waals surface area contributed by atoms with Crippen LogP contribution in [0.1, 0.15) is 55.9 Å². The Morgan fingerprint density at radius 2 is 2.20 bits per heavy atom. The fraction of sp³-hybridized carbons (Fsp3) is 0.667. The Morgan fingerprint density at radius 3 is 2.95 bits per heavy atom. The van der Waals surface area contributed by atoms with Crippen molar-refractivity contribution in [3.63, 3.8) is 0 Å². The fourth-order valence-electron chi connectivity index (χ4n) is 2.79. The van der Waals surface area contributed by atoms with Gasteiger partial charge in [0.25, 0.3) is 5.91 Å². The van der Waals surface area contributed by atoms with Gasteiger partial charge in [0.05, 0.1) is 17.2 Å². The molecule has 1 fully saturated rings.